The van der Waals surface area contributed by atoms with E-state index in [9.17, 15) is 9.18 Å². The van der Waals surface area contributed by atoms with Gasteiger partial charge in [-0.05, 0) is 66.9 Å². The molecule has 0 saturated carbocycles. The normalized spacial score (nSPS) is 13.9. The second-order valence-electron chi connectivity index (χ2n) is 7.72. The molecule has 0 aliphatic carbocycles. The Hall–Kier alpha value is -2.94. The van der Waals surface area contributed by atoms with Gasteiger partial charge in [0.15, 0.2) is 0 Å². The first-order valence-electron chi connectivity index (χ1n) is 10.5. The number of nitrogens with one attached hydrogen (secondary N) is 2. The largest absolute Gasteiger partial charge is 0.331 e. The maximum atomic E-state index is 13.1. The number of amides is 2. The monoisotopic (exact) mass is 488 g/mol. The highest BCUT2D eigenvalue weighted by Gasteiger charge is 2.25. The molecule has 172 valence electrons. The predicted molar refractivity (Wildman–Crippen MR) is 127 cm³/mol. The standard InChI is InChI=1S/C23H23Cl2FN6O/c24-18-6-1-14(11-19(18)25)20(7-9-27)31-23(33)32-10-8-15-12-28-22(30-21(15)13-32)29-17-4-2-16(26)3-5-17/h1-6,11-12,20H,7-10,13,27H2,(H,31,33)(H,28,29,30). The lowest BCUT2D eigenvalue weighted by molar-refractivity contribution is 0.186. The molecule has 1 aliphatic rings. The minimum atomic E-state index is -0.317. The zero-order valence-corrected chi connectivity index (χ0v) is 19.2. The van der Waals surface area contributed by atoms with Crippen molar-refractivity contribution >= 4 is 40.9 Å². The van der Waals surface area contributed by atoms with Crippen LogP contribution in [0.3, 0.4) is 0 Å². The van der Waals surface area contributed by atoms with Crippen LogP contribution in [-0.4, -0.2) is 34.0 Å². The molecular weight excluding hydrogens is 466 g/mol. The van der Waals surface area contributed by atoms with Gasteiger partial charge >= 0.3 is 6.03 Å². The number of nitrogens with zero attached hydrogens (tertiary/aromatic N) is 3. The van der Waals surface area contributed by atoms with Gasteiger partial charge < -0.3 is 21.3 Å². The average Bonchev–Trinajstić information content (AvgIpc) is 2.81. The second kappa shape index (κ2) is 10.3. The summed E-state index contributed by atoms with van der Waals surface area (Å²) < 4.78 is 13.1. The van der Waals surface area contributed by atoms with Crippen LogP contribution in [0.25, 0.3) is 0 Å². The summed E-state index contributed by atoms with van der Waals surface area (Å²) >= 11 is 12.2. The predicted octanol–water partition coefficient (Wildman–Crippen LogP) is 4.82. The Balaban J connectivity index is 1.45. The molecule has 0 fully saturated rings. The fourth-order valence-electron chi connectivity index (χ4n) is 3.66. The maximum absolute atomic E-state index is 13.1. The molecule has 0 radical (unpaired) electrons. The number of halogens is 3. The molecule has 4 rings (SSSR count). The van der Waals surface area contributed by atoms with Crippen LogP contribution in [0.5, 0.6) is 0 Å². The molecule has 4 N–H and O–H groups in total. The summed E-state index contributed by atoms with van der Waals surface area (Å²) in [5.41, 5.74) is 9.04. The van der Waals surface area contributed by atoms with Crippen LogP contribution >= 0.6 is 23.2 Å². The molecule has 2 amide bonds. The first-order chi connectivity index (χ1) is 15.9. The van der Waals surface area contributed by atoms with Gasteiger partial charge in [0, 0.05) is 18.4 Å². The van der Waals surface area contributed by atoms with E-state index in [0.29, 0.717) is 54.2 Å². The Labute approximate surface area is 201 Å². The van der Waals surface area contributed by atoms with Gasteiger partial charge in [-0.25, -0.2) is 19.2 Å². The van der Waals surface area contributed by atoms with Gasteiger partial charge in [-0.3, -0.25) is 0 Å². The van der Waals surface area contributed by atoms with E-state index < -0.39 is 0 Å². The number of benzene rings is 2. The molecule has 33 heavy (non-hydrogen) atoms. The zero-order valence-electron chi connectivity index (χ0n) is 17.7. The highest BCUT2D eigenvalue weighted by molar-refractivity contribution is 6.42. The van der Waals surface area contributed by atoms with Crippen LogP contribution in [0.1, 0.15) is 29.3 Å². The van der Waals surface area contributed by atoms with Gasteiger partial charge in [0.05, 0.1) is 28.3 Å². The van der Waals surface area contributed by atoms with Crippen LogP contribution in [0.15, 0.2) is 48.7 Å². The number of anilines is 2. The Kier molecular flexibility index (Phi) is 7.27. The van der Waals surface area contributed by atoms with E-state index in [4.69, 9.17) is 28.9 Å². The SMILES string of the molecule is NCCC(NC(=O)N1CCc2cnc(Nc3ccc(F)cc3)nc2C1)c1ccc(Cl)c(Cl)c1. The van der Waals surface area contributed by atoms with E-state index in [1.54, 1.807) is 35.4 Å². The number of nitrogens with two attached hydrogens (primary N) is 1. The third-order valence-electron chi connectivity index (χ3n) is 5.43. The lowest BCUT2D eigenvalue weighted by Gasteiger charge is -2.30. The van der Waals surface area contributed by atoms with E-state index >= 15 is 0 Å². The minimum Gasteiger partial charge on any atom is -0.331 e. The number of fused-ring (bicyclic) bond motifs is 1. The highest BCUT2D eigenvalue weighted by atomic mass is 35.5. The van der Waals surface area contributed by atoms with Gasteiger partial charge in [-0.1, -0.05) is 29.3 Å². The molecule has 1 aliphatic heterocycles. The zero-order chi connectivity index (χ0) is 23.4. The van der Waals surface area contributed by atoms with Gasteiger partial charge in [-0.15, -0.1) is 0 Å². The fourth-order valence-corrected chi connectivity index (χ4v) is 3.96. The van der Waals surface area contributed by atoms with Crippen molar-refractivity contribution in [2.24, 2.45) is 5.73 Å². The summed E-state index contributed by atoms with van der Waals surface area (Å²) in [7, 11) is 0. The lowest BCUT2D eigenvalue weighted by Crippen LogP contribution is -2.44. The number of carbonyl (C=O) groups is 1. The molecule has 0 bridgehead atoms. The third-order valence-corrected chi connectivity index (χ3v) is 6.17. The van der Waals surface area contributed by atoms with E-state index in [0.717, 1.165) is 16.8 Å². The van der Waals surface area contributed by atoms with E-state index in [1.807, 2.05) is 6.07 Å². The second-order valence-corrected chi connectivity index (χ2v) is 8.54. The van der Waals surface area contributed by atoms with Crippen molar-refractivity contribution in [1.29, 1.82) is 0 Å². The van der Waals surface area contributed by atoms with Gasteiger partial charge in [0.1, 0.15) is 5.82 Å². The van der Waals surface area contributed by atoms with Crippen molar-refractivity contribution in [1.82, 2.24) is 20.2 Å². The quantitative estimate of drug-likeness (QED) is 0.461. The summed E-state index contributed by atoms with van der Waals surface area (Å²) in [5.74, 6) is 0.0711. The summed E-state index contributed by atoms with van der Waals surface area (Å²) in [6.07, 6.45) is 2.96. The summed E-state index contributed by atoms with van der Waals surface area (Å²) in [4.78, 5) is 23.7. The molecule has 10 heteroatoms. The van der Waals surface area contributed by atoms with Gasteiger partial charge in [-0.2, -0.15) is 0 Å². The smallest absolute Gasteiger partial charge is 0.318 e. The van der Waals surface area contributed by atoms with Crippen molar-refractivity contribution in [2.75, 3.05) is 18.4 Å². The van der Waals surface area contributed by atoms with Crippen molar-refractivity contribution in [3.63, 3.8) is 0 Å². The Morgan fingerprint density at radius 2 is 1.97 bits per heavy atom. The summed E-state index contributed by atoms with van der Waals surface area (Å²) in [6.45, 7) is 1.29. The van der Waals surface area contributed by atoms with Crippen molar-refractivity contribution < 1.29 is 9.18 Å². The lowest BCUT2D eigenvalue weighted by atomic mass is 10.0. The molecule has 7 nitrogen and oxygen atoms in total. The topological polar surface area (TPSA) is 96.2 Å². The molecule has 0 spiro atoms. The number of aromatic nitrogens is 2. The van der Waals surface area contributed by atoms with Crippen LogP contribution in [0, 0.1) is 5.82 Å². The van der Waals surface area contributed by atoms with E-state index in [2.05, 4.69) is 20.6 Å². The number of hydrogen-bond donors (Lipinski definition) is 3. The summed E-state index contributed by atoms with van der Waals surface area (Å²) in [5, 5.41) is 6.99. The van der Waals surface area contributed by atoms with Crippen LogP contribution in [0.2, 0.25) is 10.0 Å². The minimum absolute atomic E-state index is 0.211. The van der Waals surface area contributed by atoms with Crippen LogP contribution < -0.4 is 16.4 Å². The third kappa shape index (κ3) is 5.71. The first kappa shape index (κ1) is 23.2. The van der Waals surface area contributed by atoms with Gasteiger partial charge in [0.2, 0.25) is 5.95 Å². The Bertz CT molecular complexity index is 1140. The van der Waals surface area contributed by atoms with Crippen LogP contribution in [-0.2, 0) is 13.0 Å². The number of hydrogen-bond acceptors (Lipinski definition) is 5. The Morgan fingerprint density at radius 1 is 1.18 bits per heavy atom. The molecule has 2 heterocycles. The maximum Gasteiger partial charge on any atom is 0.318 e. The van der Waals surface area contributed by atoms with E-state index in [-0.39, 0.29) is 17.9 Å². The average molecular weight is 489 g/mol. The van der Waals surface area contributed by atoms with Gasteiger partial charge in [0.25, 0.3) is 0 Å². The van der Waals surface area contributed by atoms with Crippen molar-refractivity contribution in [2.45, 2.75) is 25.4 Å². The highest BCUT2D eigenvalue weighted by Crippen LogP contribution is 2.27. The van der Waals surface area contributed by atoms with E-state index in [1.165, 1.54) is 12.1 Å². The molecule has 1 atom stereocenters. The number of rotatable bonds is 6. The number of urea groups is 1. The molecule has 0 saturated heterocycles. The summed E-state index contributed by atoms with van der Waals surface area (Å²) in [6, 6.07) is 10.7. The van der Waals surface area contributed by atoms with Crippen molar-refractivity contribution in [3.05, 3.63) is 81.3 Å². The molecule has 1 unspecified atom stereocenters. The number of carbonyl (C=O) groups excluding carboxylic acids is 1. The fraction of sp³-hybridized carbons (Fsp3) is 0.261. The van der Waals surface area contributed by atoms with Crippen LogP contribution in [0.4, 0.5) is 20.8 Å². The first-order valence-corrected chi connectivity index (χ1v) is 11.3. The molecular formula is C23H23Cl2FN6O. The Morgan fingerprint density at radius 3 is 2.70 bits per heavy atom. The van der Waals surface area contributed by atoms with Crippen molar-refractivity contribution in [3.8, 4) is 0 Å². The molecule has 1 aromatic heterocycles. The molecule has 3 aromatic rings. The molecule has 2 aromatic carbocycles.